The van der Waals surface area contributed by atoms with Crippen LogP contribution in [0.1, 0.15) is 34.1 Å². The first kappa shape index (κ1) is 16.9. The van der Waals surface area contributed by atoms with Gasteiger partial charge in [-0.15, -0.1) is 0 Å². The maximum Gasteiger partial charge on any atom is 0.433 e. The molecule has 0 aromatic carbocycles. The van der Waals surface area contributed by atoms with Gasteiger partial charge in [-0.3, -0.25) is 14.7 Å². The molecule has 1 saturated heterocycles. The molecular formula is C16H16F3N3OS. The average Bonchev–Trinajstić information content (AvgIpc) is 3.02. The van der Waals surface area contributed by atoms with Crippen molar-refractivity contribution in [3.63, 3.8) is 0 Å². The molecule has 0 aliphatic carbocycles. The molecule has 1 fully saturated rings. The Balaban J connectivity index is 1.63. The third-order valence-electron chi connectivity index (χ3n) is 4.03. The van der Waals surface area contributed by atoms with E-state index in [1.165, 1.54) is 0 Å². The van der Waals surface area contributed by atoms with Crippen LogP contribution in [0.15, 0.2) is 35.2 Å². The highest BCUT2D eigenvalue weighted by Crippen LogP contribution is 2.28. The number of aromatic nitrogens is 1. The smallest absolute Gasteiger partial charge is 0.350 e. The Hall–Kier alpha value is -1.93. The molecule has 4 nitrogen and oxygen atoms in total. The topological polar surface area (TPSA) is 45.2 Å². The van der Waals surface area contributed by atoms with Crippen molar-refractivity contribution < 1.29 is 18.0 Å². The zero-order valence-electron chi connectivity index (χ0n) is 12.7. The maximum atomic E-state index is 12.5. The van der Waals surface area contributed by atoms with E-state index in [2.05, 4.69) is 20.6 Å². The number of nitrogens with one attached hydrogen (secondary N) is 1. The summed E-state index contributed by atoms with van der Waals surface area (Å²) < 4.78 is 37.5. The van der Waals surface area contributed by atoms with Gasteiger partial charge >= 0.3 is 6.18 Å². The van der Waals surface area contributed by atoms with E-state index in [0.717, 1.165) is 43.4 Å². The van der Waals surface area contributed by atoms with Gasteiger partial charge in [0, 0.05) is 25.8 Å². The Morgan fingerprint density at radius 1 is 1.33 bits per heavy atom. The monoisotopic (exact) mass is 355 g/mol. The van der Waals surface area contributed by atoms with Gasteiger partial charge in [-0.25, -0.2) is 0 Å². The summed E-state index contributed by atoms with van der Waals surface area (Å²) in [6, 6.07) is 4.09. The Bertz CT molecular complexity index is 682. The fourth-order valence-corrected chi connectivity index (χ4v) is 3.27. The summed E-state index contributed by atoms with van der Waals surface area (Å²) in [5.41, 5.74) is 0.261. The number of carbonyl (C=O) groups excluding carboxylic acids is 1. The molecule has 1 unspecified atom stereocenters. The van der Waals surface area contributed by atoms with Crippen molar-refractivity contribution in [1.82, 2.24) is 15.2 Å². The zero-order chi connectivity index (χ0) is 17.2. The molecule has 0 saturated carbocycles. The standard InChI is InChI=1S/C16H16F3N3OS/c17-16(18,19)14-3-2-11(8-20-14)15(23)21-9-13(22-5-1-6-22)12-4-7-24-10-12/h2-4,7-8,10,13H,1,5-6,9H2,(H,21,23). The predicted octanol–water partition coefficient (Wildman–Crippen LogP) is 3.34. The lowest BCUT2D eigenvalue weighted by Gasteiger charge is -2.38. The summed E-state index contributed by atoms with van der Waals surface area (Å²) in [6.07, 6.45) is -2.41. The molecule has 1 atom stereocenters. The summed E-state index contributed by atoms with van der Waals surface area (Å²) in [5.74, 6) is -0.419. The molecule has 1 N–H and O–H groups in total. The molecule has 1 amide bonds. The number of hydrogen-bond acceptors (Lipinski definition) is 4. The minimum Gasteiger partial charge on any atom is -0.350 e. The van der Waals surface area contributed by atoms with Crippen LogP contribution in [0, 0.1) is 0 Å². The van der Waals surface area contributed by atoms with E-state index in [1.54, 1.807) is 11.3 Å². The first-order valence-electron chi connectivity index (χ1n) is 7.53. The molecule has 0 bridgehead atoms. The van der Waals surface area contributed by atoms with Crippen molar-refractivity contribution in [2.75, 3.05) is 19.6 Å². The van der Waals surface area contributed by atoms with Gasteiger partial charge in [0.25, 0.3) is 5.91 Å². The van der Waals surface area contributed by atoms with Crippen molar-refractivity contribution in [2.45, 2.75) is 18.6 Å². The first-order chi connectivity index (χ1) is 11.4. The maximum absolute atomic E-state index is 12.5. The van der Waals surface area contributed by atoms with Crippen LogP contribution >= 0.6 is 11.3 Å². The summed E-state index contributed by atoms with van der Waals surface area (Å²) in [7, 11) is 0. The second-order valence-electron chi connectivity index (χ2n) is 5.60. The lowest BCUT2D eigenvalue weighted by molar-refractivity contribution is -0.141. The molecule has 0 spiro atoms. The number of nitrogens with zero attached hydrogens (tertiary/aromatic N) is 2. The lowest BCUT2D eigenvalue weighted by Crippen LogP contribution is -2.45. The molecular weight excluding hydrogens is 339 g/mol. The van der Waals surface area contributed by atoms with Crippen LogP contribution in [0.3, 0.4) is 0 Å². The van der Waals surface area contributed by atoms with Crippen LogP contribution in [-0.2, 0) is 6.18 Å². The minimum absolute atomic E-state index is 0.0938. The van der Waals surface area contributed by atoms with E-state index in [4.69, 9.17) is 0 Å². The van der Waals surface area contributed by atoms with E-state index in [-0.39, 0.29) is 11.6 Å². The molecule has 2 aromatic heterocycles. The van der Waals surface area contributed by atoms with Crippen molar-refractivity contribution in [3.8, 4) is 0 Å². The van der Waals surface area contributed by atoms with Gasteiger partial charge < -0.3 is 5.32 Å². The molecule has 0 radical (unpaired) electrons. The predicted molar refractivity (Wildman–Crippen MR) is 84.8 cm³/mol. The van der Waals surface area contributed by atoms with Crippen LogP contribution in [0.4, 0.5) is 13.2 Å². The third kappa shape index (κ3) is 3.76. The van der Waals surface area contributed by atoms with Crippen LogP contribution < -0.4 is 5.32 Å². The van der Waals surface area contributed by atoms with Crippen molar-refractivity contribution in [2.24, 2.45) is 0 Å². The fourth-order valence-electron chi connectivity index (χ4n) is 2.56. The number of halogens is 3. The van der Waals surface area contributed by atoms with Crippen molar-refractivity contribution >= 4 is 17.2 Å². The van der Waals surface area contributed by atoms with Gasteiger partial charge in [-0.1, -0.05) is 0 Å². The van der Waals surface area contributed by atoms with Crippen LogP contribution in [0.2, 0.25) is 0 Å². The molecule has 8 heteroatoms. The number of carbonyl (C=O) groups is 1. The van der Waals surface area contributed by atoms with Gasteiger partial charge in [-0.05, 0) is 40.9 Å². The zero-order valence-corrected chi connectivity index (χ0v) is 13.5. The molecule has 3 heterocycles. The number of pyridine rings is 1. The SMILES string of the molecule is O=C(NCC(c1ccsc1)N1CCC1)c1ccc(C(F)(F)F)nc1. The van der Waals surface area contributed by atoms with Crippen LogP contribution in [0.25, 0.3) is 0 Å². The Kier molecular flexibility index (Phi) is 4.86. The van der Waals surface area contributed by atoms with Gasteiger partial charge in [0.2, 0.25) is 0 Å². The minimum atomic E-state index is -4.50. The van der Waals surface area contributed by atoms with E-state index in [9.17, 15) is 18.0 Å². The summed E-state index contributed by atoms with van der Waals surface area (Å²) in [6.45, 7) is 2.38. The number of alkyl halides is 3. The van der Waals surface area contributed by atoms with Crippen LogP contribution in [-0.4, -0.2) is 35.4 Å². The Morgan fingerprint density at radius 2 is 2.12 bits per heavy atom. The number of hydrogen-bond donors (Lipinski definition) is 1. The number of amides is 1. The highest BCUT2D eigenvalue weighted by molar-refractivity contribution is 7.07. The molecule has 3 rings (SSSR count). The van der Waals surface area contributed by atoms with Crippen molar-refractivity contribution in [1.29, 1.82) is 0 Å². The quantitative estimate of drug-likeness (QED) is 0.895. The second kappa shape index (κ2) is 6.90. The molecule has 2 aromatic rings. The molecule has 128 valence electrons. The highest BCUT2D eigenvalue weighted by atomic mass is 32.1. The number of rotatable bonds is 5. The third-order valence-corrected chi connectivity index (χ3v) is 4.73. The van der Waals surface area contributed by atoms with Crippen LogP contribution in [0.5, 0.6) is 0 Å². The second-order valence-corrected chi connectivity index (χ2v) is 6.38. The molecule has 24 heavy (non-hydrogen) atoms. The summed E-state index contributed by atoms with van der Waals surface area (Å²) in [4.78, 5) is 17.7. The number of thiophene rings is 1. The average molecular weight is 355 g/mol. The van der Waals surface area contributed by atoms with E-state index >= 15 is 0 Å². The fraction of sp³-hybridized carbons (Fsp3) is 0.375. The highest BCUT2D eigenvalue weighted by Gasteiger charge is 2.32. The lowest BCUT2D eigenvalue weighted by atomic mass is 10.0. The van der Waals surface area contributed by atoms with Gasteiger partial charge in [0.1, 0.15) is 5.69 Å². The molecule has 1 aliphatic heterocycles. The number of likely N-dealkylation sites (tertiary alicyclic amines) is 1. The Labute approximate surface area is 141 Å². The van der Waals surface area contributed by atoms with E-state index in [0.29, 0.717) is 6.54 Å². The first-order valence-corrected chi connectivity index (χ1v) is 8.47. The van der Waals surface area contributed by atoms with E-state index < -0.39 is 17.8 Å². The van der Waals surface area contributed by atoms with Gasteiger partial charge in [0.05, 0.1) is 11.6 Å². The van der Waals surface area contributed by atoms with Gasteiger partial charge in [-0.2, -0.15) is 24.5 Å². The summed E-state index contributed by atoms with van der Waals surface area (Å²) in [5, 5.41) is 6.84. The van der Waals surface area contributed by atoms with E-state index in [1.807, 2.05) is 11.4 Å². The summed E-state index contributed by atoms with van der Waals surface area (Å²) >= 11 is 1.60. The molecule has 1 aliphatic rings. The Morgan fingerprint density at radius 3 is 2.62 bits per heavy atom. The van der Waals surface area contributed by atoms with Gasteiger partial charge in [0.15, 0.2) is 0 Å². The largest absolute Gasteiger partial charge is 0.433 e. The van der Waals surface area contributed by atoms with Crippen molar-refractivity contribution in [3.05, 3.63) is 52.0 Å². The normalized spacial score (nSPS) is 16.5.